The minimum absolute atomic E-state index is 0.131. The van der Waals surface area contributed by atoms with Crippen molar-refractivity contribution < 1.29 is 9.50 Å². The summed E-state index contributed by atoms with van der Waals surface area (Å²) in [6, 6.07) is 11.0. The highest BCUT2D eigenvalue weighted by Crippen LogP contribution is 2.32. The van der Waals surface area contributed by atoms with Gasteiger partial charge in [-0.05, 0) is 35.9 Å². The van der Waals surface area contributed by atoms with Crippen molar-refractivity contribution in [3.63, 3.8) is 0 Å². The number of halogens is 2. The molecule has 0 saturated carbocycles. The first-order valence-electron chi connectivity index (χ1n) is 6.20. The molecule has 1 atom stereocenters. The van der Waals surface area contributed by atoms with E-state index in [1.807, 2.05) is 0 Å². The maximum Gasteiger partial charge on any atom is 0.123 e. The minimum Gasteiger partial charge on any atom is -0.508 e. The molecular weight excluding hydrogens is 279 g/mol. The van der Waals surface area contributed by atoms with Gasteiger partial charge in [0.15, 0.2) is 0 Å². The standard InChI is InChI=1S/C15H12ClFN2O/c16-10-3-6-15(20)12(7-10)14-8-13(18-19-14)9-1-4-11(17)5-2-9/h1-7,14,19-20H,8H2/t14-/m1/s1. The molecule has 1 heterocycles. The summed E-state index contributed by atoms with van der Waals surface area (Å²) >= 11 is 5.95. The second-order valence-corrected chi connectivity index (χ2v) is 5.09. The zero-order valence-corrected chi connectivity index (χ0v) is 11.2. The van der Waals surface area contributed by atoms with E-state index >= 15 is 0 Å². The fourth-order valence-electron chi connectivity index (χ4n) is 2.25. The number of nitrogens with one attached hydrogen (secondary N) is 1. The highest BCUT2D eigenvalue weighted by Gasteiger charge is 2.23. The molecule has 0 saturated heterocycles. The van der Waals surface area contributed by atoms with Gasteiger partial charge in [-0.1, -0.05) is 23.7 Å². The summed E-state index contributed by atoms with van der Waals surface area (Å²) in [4.78, 5) is 0. The Labute approximate surface area is 120 Å². The van der Waals surface area contributed by atoms with Gasteiger partial charge in [0.25, 0.3) is 0 Å². The second-order valence-electron chi connectivity index (χ2n) is 4.65. The summed E-state index contributed by atoms with van der Waals surface area (Å²) in [7, 11) is 0. The first-order valence-corrected chi connectivity index (χ1v) is 6.58. The van der Waals surface area contributed by atoms with E-state index in [1.54, 1.807) is 30.3 Å². The maximum absolute atomic E-state index is 12.9. The molecule has 0 aromatic heterocycles. The Morgan fingerprint density at radius 2 is 1.95 bits per heavy atom. The average Bonchev–Trinajstić information content (AvgIpc) is 2.92. The molecule has 0 aliphatic carbocycles. The number of benzene rings is 2. The molecule has 1 aliphatic rings. The Bertz CT molecular complexity index is 670. The number of phenols is 1. The van der Waals surface area contributed by atoms with Crippen LogP contribution in [0.15, 0.2) is 47.6 Å². The number of hydrogen-bond donors (Lipinski definition) is 2. The Hall–Kier alpha value is -2.07. The zero-order valence-electron chi connectivity index (χ0n) is 10.5. The van der Waals surface area contributed by atoms with Crippen LogP contribution in [0.2, 0.25) is 5.02 Å². The third kappa shape index (κ3) is 2.47. The van der Waals surface area contributed by atoms with Crippen molar-refractivity contribution in [3.8, 4) is 5.75 Å². The van der Waals surface area contributed by atoms with E-state index in [0.717, 1.165) is 11.3 Å². The van der Waals surface area contributed by atoms with Crippen molar-refractivity contribution >= 4 is 17.3 Å². The van der Waals surface area contributed by atoms with Crippen molar-refractivity contribution in [3.05, 3.63) is 64.4 Å². The van der Waals surface area contributed by atoms with Crippen LogP contribution in [0.25, 0.3) is 0 Å². The number of hydrogen-bond acceptors (Lipinski definition) is 3. The van der Waals surface area contributed by atoms with Gasteiger partial charge in [-0.25, -0.2) is 4.39 Å². The zero-order chi connectivity index (χ0) is 14.1. The maximum atomic E-state index is 12.9. The SMILES string of the molecule is Oc1ccc(Cl)cc1[C@H]1CC(c2ccc(F)cc2)=NN1. The molecule has 2 aromatic carbocycles. The summed E-state index contributed by atoms with van der Waals surface area (Å²) in [5.74, 6) is -0.0909. The third-order valence-electron chi connectivity index (χ3n) is 3.30. The van der Waals surface area contributed by atoms with Gasteiger partial charge in [-0.3, -0.25) is 0 Å². The lowest BCUT2D eigenvalue weighted by atomic mass is 9.98. The molecule has 0 spiro atoms. The topological polar surface area (TPSA) is 44.6 Å². The van der Waals surface area contributed by atoms with Gasteiger partial charge in [0.2, 0.25) is 0 Å². The quantitative estimate of drug-likeness (QED) is 0.887. The Morgan fingerprint density at radius 3 is 2.70 bits per heavy atom. The van der Waals surface area contributed by atoms with Gasteiger partial charge < -0.3 is 10.5 Å². The van der Waals surface area contributed by atoms with E-state index in [4.69, 9.17) is 11.6 Å². The largest absolute Gasteiger partial charge is 0.508 e. The molecular formula is C15H12ClFN2O. The summed E-state index contributed by atoms with van der Waals surface area (Å²) in [5.41, 5.74) is 5.38. The van der Waals surface area contributed by atoms with E-state index in [2.05, 4.69) is 10.5 Å². The number of nitrogens with zero attached hydrogens (tertiary/aromatic N) is 1. The van der Waals surface area contributed by atoms with E-state index in [9.17, 15) is 9.50 Å². The summed E-state index contributed by atoms with van der Waals surface area (Å²) in [6.45, 7) is 0. The van der Waals surface area contributed by atoms with Crippen molar-refractivity contribution in [1.29, 1.82) is 0 Å². The predicted molar refractivity (Wildman–Crippen MR) is 76.5 cm³/mol. The fraction of sp³-hybridized carbons (Fsp3) is 0.133. The van der Waals surface area contributed by atoms with Gasteiger partial charge in [0.1, 0.15) is 11.6 Å². The molecule has 0 radical (unpaired) electrons. The van der Waals surface area contributed by atoms with Crippen LogP contribution in [0.5, 0.6) is 5.75 Å². The van der Waals surface area contributed by atoms with Crippen LogP contribution in [-0.2, 0) is 0 Å². The monoisotopic (exact) mass is 290 g/mol. The van der Waals surface area contributed by atoms with Gasteiger partial charge >= 0.3 is 0 Å². The lowest BCUT2D eigenvalue weighted by Gasteiger charge is -2.12. The lowest BCUT2D eigenvalue weighted by Crippen LogP contribution is -2.10. The molecule has 20 heavy (non-hydrogen) atoms. The number of rotatable bonds is 2. The van der Waals surface area contributed by atoms with Crippen molar-refractivity contribution in [2.45, 2.75) is 12.5 Å². The number of phenolic OH excluding ortho intramolecular Hbond substituents is 1. The summed E-state index contributed by atoms with van der Waals surface area (Å²) < 4.78 is 12.9. The van der Waals surface area contributed by atoms with Crippen LogP contribution in [0.4, 0.5) is 4.39 Å². The molecule has 0 bridgehead atoms. The molecule has 102 valence electrons. The van der Waals surface area contributed by atoms with Crippen molar-refractivity contribution in [1.82, 2.24) is 5.43 Å². The van der Waals surface area contributed by atoms with E-state index in [0.29, 0.717) is 17.0 Å². The molecule has 3 nitrogen and oxygen atoms in total. The van der Waals surface area contributed by atoms with E-state index in [1.165, 1.54) is 12.1 Å². The second kappa shape index (κ2) is 5.13. The Balaban J connectivity index is 1.82. The first kappa shape index (κ1) is 12.9. The van der Waals surface area contributed by atoms with Gasteiger partial charge in [-0.2, -0.15) is 5.10 Å². The third-order valence-corrected chi connectivity index (χ3v) is 3.53. The van der Waals surface area contributed by atoms with Crippen molar-refractivity contribution in [2.24, 2.45) is 5.10 Å². The van der Waals surface area contributed by atoms with Crippen molar-refractivity contribution in [2.75, 3.05) is 0 Å². The van der Waals surface area contributed by atoms with Crippen LogP contribution in [0.3, 0.4) is 0 Å². The lowest BCUT2D eigenvalue weighted by molar-refractivity contribution is 0.455. The normalized spacial score (nSPS) is 17.7. The van der Waals surface area contributed by atoms with Crippen LogP contribution < -0.4 is 5.43 Å². The van der Waals surface area contributed by atoms with Crippen LogP contribution in [0.1, 0.15) is 23.6 Å². The highest BCUT2D eigenvalue weighted by atomic mass is 35.5. The Kier molecular flexibility index (Phi) is 3.32. The summed E-state index contributed by atoms with van der Waals surface area (Å²) in [6.07, 6.45) is 0.611. The summed E-state index contributed by atoms with van der Waals surface area (Å²) in [5, 5.41) is 14.7. The van der Waals surface area contributed by atoms with E-state index in [-0.39, 0.29) is 17.6 Å². The molecule has 2 N–H and O–H groups in total. The predicted octanol–water partition coefficient (Wildman–Crippen LogP) is 3.62. The molecule has 0 unspecified atom stereocenters. The van der Waals surface area contributed by atoms with Gasteiger partial charge in [0.05, 0.1) is 11.8 Å². The highest BCUT2D eigenvalue weighted by molar-refractivity contribution is 6.30. The molecule has 0 fully saturated rings. The Morgan fingerprint density at radius 1 is 1.20 bits per heavy atom. The molecule has 0 amide bonds. The van der Waals surface area contributed by atoms with Crippen LogP contribution in [0, 0.1) is 5.82 Å². The number of aromatic hydroxyl groups is 1. The van der Waals surface area contributed by atoms with E-state index < -0.39 is 0 Å². The number of hydrazone groups is 1. The minimum atomic E-state index is -0.274. The molecule has 3 rings (SSSR count). The van der Waals surface area contributed by atoms with Gasteiger partial charge in [-0.15, -0.1) is 0 Å². The molecule has 5 heteroatoms. The first-order chi connectivity index (χ1) is 9.63. The van der Waals surface area contributed by atoms with Crippen LogP contribution >= 0.6 is 11.6 Å². The molecule has 1 aliphatic heterocycles. The van der Waals surface area contributed by atoms with Crippen LogP contribution in [-0.4, -0.2) is 10.8 Å². The fourth-order valence-corrected chi connectivity index (χ4v) is 2.43. The average molecular weight is 291 g/mol. The molecule has 2 aromatic rings. The smallest absolute Gasteiger partial charge is 0.123 e. The van der Waals surface area contributed by atoms with Gasteiger partial charge in [0, 0.05) is 17.0 Å².